The summed E-state index contributed by atoms with van der Waals surface area (Å²) >= 11 is 0. The number of hydrogen-bond donors (Lipinski definition) is 1. The number of hydrogen-bond acceptors (Lipinski definition) is 3. The first-order valence-electron chi connectivity index (χ1n) is 8.92. The number of aromatic nitrogens is 4. The van der Waals surface area contributed by atoms with Crippen molar-refractivity contribution in [2.24, 2.45) is 0 Å². The fourth-order valence-corrected chi connectivity index (χ4v) is 2.84. The fourth-order valence-electron chi connectivity index (χ4n) is 2.84. The van der Waals surface area contributed by atoms with Crippen LogP contribution >= 0.6 is 0 Å². The number of benzene rings is 2. The van der Waals surface area contributed by atoms with Gasteiger partial charge in [0.05, 0.1) is 18.4 Å². The van der Waals surface area contributed by atoms with Crippen LogP contribution in [-0.4, -0.2) is 25.5 Å². The lowest BCUT2D eigenvalue weighted by atomic mass is 10.1. The van der Waals surface area contributed by atoms with E-state index in [1.807, 2.05) is 77.7 Å². The molecule has 0 aliphatic carbocycles. The number of para-hydroxylation sites is 2. The lowest BCUT2D eigenvalue weighted by molar-refractivity contribution is -0.111. The SMILES string of the molecule is O=C(C=Cc1cnn(-c2ccccc2)c1)Nc1ccccc1Cn1cccn1. The molecule has 2 aromatic heterocycles. The molecule has 0 fully saturated rings. The summed E-state index contributed by atoms with van der Waals surface area (Å²) in [6.07, 6.45) is 10.5. The Morgan fingerprint density at radius 3 is 2.64 bits per heavy atom. The molecule has 1 amide bonds. The van der Waals surface area contributed by atoms with Crippen LogP contribution in [0.2, 0.25) is 0 Å². The van der Waals surface area contributed by atoms with Gasteiger partial charge in [-0.1, -0.05) is 36.4 Å². The summed E-state index contributed by atoms with van der Waals surface area (Å²) in [5.41, 5.74) is 3.58. The molecule has 0 aliphatic heterocycles. The molecule has 6 heteroatoms. The molecule has 1 N–H and O–H groups in total. The van der Waals surface area contributed by atoms with Crippen LogP contribution in [-0.2, 0) is 11.3 Å². The molecule has 2 heterocycles. The second-order valence-corrected chi connectivity index (χ2v) is 6.24. The van der Waals surface area contributed by atoms with Crippen molar-refractivity contribution in [3.8, 4) is 5.69 Å². The van der Waals surface area contributed by atoms with Crippen molar-refractivity contribution in [3.63, 3.8) is 0 Å². The van der Waals surface area contributed by atoms with Crippen molar-refractivity contribution in [1.29, 1.82) is 0 Å². The molecule has 6 nitrogen and oxygen atoms in total. The monoisotopic (exact) mass is 369 g/mol. The van der Waals surface area contributed by atoms with Gasteiger partial charge in [0.2, 0.25) is 5.91 Å². The van der Waals surface area contributed by atoms with Crippen molar-refractivity contribution in [3.05, 3.63) is 103 Å². The highest BCUT2D eigenvalue weighted by atomic mass is 16.1. The lowest BCUT2D eigenvalue weighted by Gasteiger charge is -2.09. The number of amides is 1. The Morgan fingerprint density at radius 2 is 1.82 bits per heavy atom. The summed E-state index contributed by atoms with van der Waals surface area (Å²) in [7, 11) is 0. The van der Waals surface area contributed by atoms with Crippen molar-refractivity contribution in [2.45, 2.75) is 6.54 Å². The maximum Gasteiger partial charge on any atom is 0.248 e. The zero-order valence-electron chi connectivity index (χ0n) is 15.1. The van der Waals surface area contributed by atoms with E-state index in [1.54, 1.807) is 23.2 Å². The lowest BCUT2D eigenvalue weighted by Crippen LogP contribution is -2.11. The third-order valence-corrected chi connectivity index (χ3v) is 4.22. The molecule has 0 spiro atoms. The zero-order chi connectivity index (χ0) is 19.2. The zero-order valence-corrected chi connectivity index (χ0v) is 15.1. The Bertz CT molecular complexity index is 1080. The Hall–Kier alpha value is -3.93. The summed E-state index contributed by atoms with van der Waals surface area (Å²) in [5.74, 6) is -0.194. The van der Waals surface area contributed by atoms with Gasteiger partial charge < -0.3 is 5.32 Å². The van der Waals surface area contributed by atoms with Crippen LogP contribution in [0.25, 0.3) is 11.8 Å². The van der Waals surface area contributed by atoms with E-state index in [1.165, 1.54) is 6.08 Å². The van der Waals surface area contributed by atoms with E-state index in [0.29, 0.717) is 6.54 Å². The quantitative estimate of drug-likeness (QED) is 0.526. The van der Waals surface area contributed by atoms with E-state index in [2.05, 4.69) is 15.5 Å². The second kappa shape index (κ2) is 8.18. The van der Waals surface area contributed by atoms with Crippen molar-refractivity contribution in [2.75, 3.05) is 5.32 Å². The Labute approximate surface area is 162 Å². The summed E-state index contributed by atoms with van der Waals surface area (Å²) in [4.78, 5) is 12.4. The van der Waals surface area contributed by atoms with Gasteiger partial charge in [0, 0.05) is 35.9 Å². The van der Waals surface area contributed by atoms with Gasteiger partial charge in [-0.15, -0.1) is 0 Å². The molecule has 2 aromatic carbocycles. The molecule has 0 aliphatic rings. The Kier molecular flexibility index (Phi) is 5.11. The fraction of sp³-hybridized carbons (Fsp3) is 0.0455. The maximum atomic E-state index is 12.4. The van der Waals surface area contributed by atoms with Gasteiger partial charge in [-0.3, -0.25) is 9.48 Å². The van der Waals surface area contributed by atoms with E-state index in [9.17, 15) is 4.79 Å². The van der Waals surface area contributed by atoms with Gasteiger partial charge in [0.15, 0.2) is 0 Å². The van der Waals surface area contributed by atoms with Crippen LogP contribution in [0.5, 0.6) is 0 Å². The topological polar surface area (TPSA) is 64.7 Å². The third-order valence-electron chi connectivity index (χ3n) is 4.22. The number of nitrogens with one attached hydrogen (secondary N) is 1. The summed E-state index contributed by atoms with van der Waals surface area (Å²) in [6.45, 7) is 0.594. The molecule has 28 heavy (non-hydrogen) atoms. The van der Waals surface area contributed by atoms with E-state index in [-0.39, 0.29) is 5.91 Å². The van der Waals surface area contributed by atoms with Crippen LogP contribution in [0, 0.1) is 0 Å². The molecule has 0 unspecified atom stereocenters. The summed E-state index contributed by atoms with van der Waals surface area (Å²) in [5, 5.41) is 11.5. The standard InChI is InChI=1S/C22H19N5O/c28-22(12-11-18-15-24-27(16-18)20-8-2-1-3-9-20)25-21-10-5-4-7-19(21)17-26-14-6-13-23-26/h1-16H,17H2,(H,25,28). The smallest absolute Gasteiger partial charge is 0.248 e. The van der Waals surface area contributed by atoms with Gasteiger partial charge in [-0.05, 0) is 35.9 Å². The molecule has 0 saturated carbocycles. The highest BCUT2D eigenvalue weighted by Crippen LogP contribution is 2.16. The highest BCUT2D eigenvalue weighted by Gasteiger charge is 2.06. The van der Waals surface area contributed by atoms with E-state index in [4.69, 9.17) is 0 Å². The molecular weight excluding hydrogens is 350 g/mol. The molecule has 0 saturated heterocycles. The summed E-state index contributed by atoms with van der Waals surface area (Å²) in [6, 6.07) is 19.4. The second-order valence-electron chi connectivity index (χ2n) is 6.24. The number of nitrogens with zero attached hydrogens (tertiary/aromatic N) is 4. The molecule has 4 rings (SSSR count). The minimum Gasteiger partial charge on any atom is -0.322 e. The number of carbonyl (C=O) groups excluding carboxylic acids is 1. The van der Waals surface area contributed by atoms with E-state index < -0.39 is 0 Å². The predicted octanol–water partition coefficient (Wildman–Crippen LogP) is 3.77. The maximum absolute atomic E-state index is 12.4. The Balaban J connectivity index is 1.43. The van der Waals surface area contributed by atoms with Crippen LogP contribution in [0.3, 0.4) is 0 Å². The number of rotatable bonds is 6. The van der Waals surface area contributed by atoms with E-state index in [0.717, 1.165) is 22.5 Å². The average molecular weight is 369 g/mol. The minimum atomic E-state index is -0.194. The molecule has 0 bridgehead atoms. The highest BCUT2D eigenvalue weighted by molar-refractivity contribution is 6.02. The number of anilines is 1. The van der Waals surface area contributed by atoms with Crippen LogP contribution in [0.4, 0.5) is 5.69 Å². The minimum absolute atomic E-state index is 0.194. The third kappa shape index (κ3) is 4.24. The molecular formula is C22H19N5O. The predicted molar refractivity (Wildman–Crippen MR) is 109 cm³/mol. The van der Waals surface area contributed by atoms with Crippen LogP contribution < -0.4 is 5.32 Å². The first kappa shape index (κ1) is 17.5. The van der Waals surface area contributed by atoms with Crippen molar-refractivity contribution in [1.82, 2.24) is 19.6 Å². The van der Waals surface area contributed by atoms with Gasteiger partial charge in [-0.2, -0.15) is 10.2 Å². The molecule has 0 atom stereocenters. The van der Waals surface area contributed by atoms with Gasteiger partial charge in [0.25, 0.3) is 0 Å². The molecule has 0 radical (unpaired) electrons. The molecule has 138 valence electrons. The average Bonchev–Trinajstić information content (AvgIpc) is 3.41. The Morgan fingerprint density at radius 1 is 1.00 bits per heavy atom. The molecule has 4 aromatic rings. The first-order chi connectivity index (χ1) is 13.8. The first-order valence-corrected chi connectivity index (χ1v) is 8.92. The van der Waals surface area contributed by atoms with E-state index >= 15 is 0 Å². The van der Waals surface area contributed by atoms with Crippen molar-refractivity contribution >= 4 is 17.7 Å². The largest absolute Gasteiger partial charge is 0.322 e. The van der Waals surface area contributed by atoms with Gasteiger partial charge >= 0.3 is 0 Å². The summed E-state index contributed by atoms with van der Waals surface area (Å²) < 4.78 is 3.59. The van der Waals surface area contributed by atoms with Crippen molar-refractivity contribution < 1.29 is 4.79 Å². The van der Waals surface area contributed by atoms with Crippen LogP contribution in [0.15, 0.2) is 91.5 Å². The number of carbonyl (C=O) groups is 1. The van der Waals surface area contributed by atoms with Gasteiger partial charge in [-0.25, -0.2) is 4.68 Å². The van der Waals surface area contributed by atoms with Gasteiger partial charge in [0.1, 0.15) is 0 Å². The normalized spacial score (nSPS) is 11.0. The van der Waals surface area contributed by atoms with Crippen LogP contribution in [0.1, 0.15) is 11.1 Å².